The molecular formula is C21H31N3O2. The summed E-state index contributed by atoms with van der Waals surface area (Å²) in [6.07, 6.45) is 6.49. The fourth-order valence-corrected chi connectivity index (χ4v) is 4.18. The van der Waals surface area contributed by atoms with Gasteiger partial charge in [0.2, 0.25) is 11.8 Å². The molecule has 1 heterocycles. The summed E-state index contributed by atoms with van der Waals surface area (Å²) in [5.41, 5.74) is 1.78. The van der Waals surface area contributed by atoms with Crippen LogP contribution in [0.5, 0.6) is 0 Å². The van der Waals surface area contributed by atoms with E-state index in [-0.39, 0.29) is 17.9 Å². The Balaban J connectivity index is 1.49. The summed E-state index contributed by atoms with van der Waals surface area (Å²) in [4.78, 5) is 24.4. The van der Waals surface area contributed by atoms with Crippen molar-refractivity contribution in [1.82, 2.24) is 10.6 Å². The van der Waals surface area contributed by atoms with Crippen LogP contribution in [-0.2, 0) is 16.1 Å². The van der Waals surface area contributed by atoms with Crippen LogP contribution in [0.3, 0.4) is 0 Å². The van der Waals surface area contributed by atoms with Crippen LogP contribution in [0.2, 0.25) is 0 Å². The lowest BCUT2D eigenvalue weighted by molar-refractivity contribution is -0.123. The maximum Gasteiger partial charge on any atom is 0.237 e. The Hall–Kier alpha value is -1.88. The predicted molar refractivity (Wildman–Crippen MR) is 104 cm³/mol. The van der Waals surface area contributed by atoms with Gasteiger partial charge in [0.05, 0.1) is 6.04 Å². The lowest BCUT2D eigenvalue weighted by Crippen LogP contribution is -2.42. The second-order valence-corrected chi connectivity index (χ2v) is 8.17. The molecule has 0 bridgehead atoms. The van der Waals surface area contributed by atoms with E-state index in [0.29, 0.717) is 30.8 Å². The van der Waals surface area contributed by atoms with Gasteiger partial charge in [-0.3, -0.25) is 9.59 Å². The second kappa shape index (κ2) is 8.67. The topological polar surface area (TPSA) is 70.2 Å². The summed E-state index contributed by atoms with van der Waals surface area (Å²) in [6, 6.07) is 8.17. The number of nitrogens with one attached hydrogen (secondary N) is 3. The lowest BCUT2D eigenvalue weighted by atomic mass is 9.85. The van der Waals surface area contributed by atoms with Crippen LogP contribution in [0, 0.1) is 11.8 Å². The quantitative estimate of drug-likeness (QED) is 0.732. The molecule has 1 saturated heterocycles. The zero-order valence-electron chi connectivity index (χ0n) is 15.9. The first-order chi connectivity index (χ1) is 12.5. The van der Waals surface area contributed by atoms with Gasteiger partial charge in [0.25, 0.3) is 0 Å². The summed E-state index contributed by atoms with van der Waals surface area (Å²) in [6.45, 7) is 4.54. The Morgan fingerprint density at radius 1 is 1.23 bits per heavy atom. The van der Waals surface area contributed by atoms with Crippen LogP contribution in [0.25, 0.3) is 0 Å². The van der Waals surface area contributed by atoms with Crippen molar-refractivity contribution in [3.05, 3.63) is 29.8 Å². The van der Waals surface area contributed by atoms with Gasteiger partial charge in [-0.2, -0.15) is 0 Å². The molecular weight excluding hydrogens is 326 g/mol. The van der Waals surface area contributed by atoms with E-state index in [1.54, 1.807) is 0 Å². The molecule has 3 atom stereocenters. The molecule has 2 aliphatic rings. The van der Waals surface area contributed by atoms with E-state index in [1.165, 1.54) is 25.7 Å². The predicted octanol–water partition coefficient (Wildman–Crippen LogP) is 3.21. The largest absolute Gasteiger partial charge is 0.351 e. The van der Waals surface area contributed by atoms with Crippen LogP contribution in [0.15, 0.2) is 24.3 Å². The van der Waals surface area contributed by atoms with Crippen LogP contribution in [-0.4, -0.2) is 23.9 Å². The second-order valence-electron chi connectivity index (χ2n) is 8.17. The minimum Gasteiger partial charge on any atom is -0.351 e. The van der Waals surface area contributed by atoms with Crippen molar-refractivity contribution < 1.29 is 9.59 Å². The molecule has 5 heteroatoms. The van der Waals surface area contributed by atoms with E-state index < -0.39 is 0 Å². The molecule has 0 aromatic heterocycles. The highest BCUT2D eigenvalue weighted by Gasteiger charge is 2.37. The molecule has 3 unspecified atom stereocenters. The van der Waals surface area contributed by atoms with Crippen molar-refractivity contribution in [1.29, 1.82) is 0 Å². The van der Waals surface area contributed by atoms with E-state index in [1.807, 2.05) is 38.1 Å². The summed E-state index contributed by atoms with van der Waals surface area (Å²) >= 11 is 0. The fraction of sp³-hybridized carbons (Fsp3) is 0.619. The molecule has 142 valence electrons. The van der Waals surface area contributed by atoms with Gasteiger partial charge in [0.1, 0.15) is 0 Å². The molecule has 0 radical (unpaired) electrons. The molecule has 1 aliphatic carbocycles. The molecule has 1 aromatic rings. The molecule has 5 nitrogen and oxygen atoms in total. The Labute approximate surface area is 156 Å². The van der Waals surface area contributed by atoms with Gasteiger partial charge >= 0.3 is 0 Å². The van der Waals surface area contributed by atoms with E-state index in [2.05, 4.69) is 16.0 Å². The van der Waals surface area contributed by atoms with Gasteiger partial charge in [-0.15, -0.1) is 0 Å². The summed E-state index contributed by atoms with van der Waals surface area (Å²) in [7, 11) is 0. The van der Waals surface area contributed by atoms with Crippen molar-refractivity contribution in [2.75, 3.05) is 5.32 Å². The van der Waals surface area contributed by atoms with Crippen molar-refractivity contribution in [2.45, 2.75) is 71.0 Å². The van der Waals surface area contributed by atoms with Gasteiger partial charge in [0.15, 0.2) is 0 Å². The van der Waals surface area contributed by atoms with Crippen molar-refractivity contribution in [3.8, 4) is 0 Å². The number of carbonyl (C=O) groups is 2. The zero-order valence-corrected chi connectivity index (χ0v) is 15.9. The van der Waals surface area contributed by atoms with Crippen molar-refractivity contribution >= 4 is 17.5 Å². The highest BCUT2D eigenvalue weighted by molar-refractivity contribution is 5.90. The van der Waals surface area contributed by atoms with Crippen LogP contribution < -0.4 is 16.0 Å². The summed E-state index contributed by atoms with van der Waals surface area (Å²) < 4.78 is 0. The van der Waals surface area contributed by atoms with E-state index in [9.17, 15) is 9.59 Å². The third-order valence-corrected chi connectivity index (χ3v) is 5.45. The van der Waals surface area contributed by atoms with Gasteiger partial charge in [-0.25, -0.2) is 0 Å². The molecule has 2 fully saturated rings. The van der Waals surface area contributed by atoms with Gasteiger partial charge in [0, 0.05) is 24.7 Å². The number of fused-ring (bicyclic) bond motifs is 1. The lowest BCUT2D eigenvalue weighted by Gasteiger charge is -2.24. The Kier molecular flexibility index (Phi) is 6.30. The number of anilines is 1. The first-order valence-corrected chi connectivity index (χ1v) is 9.94. The SMILES string of the molecule is CC(C)CC(=O)Nc1cccc(CNC(=O)C2CC3CCCCC3N2)c1. The number of hydrogen-bond donors (Lipinski definition) is 3. The minimum absolute atomic E-state index is 0.0268. The molecule has 26 heavy (non-hydrogen) atoms. The van der Waals surface area contributed by atoms with Gasteiger partial charge in [-0.1, -0.05) is 38.8 Å². The minimum atomic E-state index is -0.0583. The van der Waals surface area contributed by atoms with E-state index in [4.69, 9.17) is 0 Å². The Bertz CT molecular complexity index is 630. The smallest absolute Gasteiger partial charge is 0.237 e. The Morgan fingerprint density at radius 2 is 2.04 bits per heavy atom. The standard InChI is InChI=1S/C21H31N3O2/c1-14(2)10-20(25)23-17-8-5-6-15(11-17)13-22-21(26)19-12-16-7-3-4-9-18(16)24-19/h5-6,8,11,14,16,18-19,24H,3-4,7,9-10,12-13H2,1-2H3,(H,22,26)(H,23,25). The van der Waals surface area contributed by atoms with Crippen LogP contribution in [0.1, 0.15) is 57.9 Å². The number of amides is 2. The third-order valence-electron chi connectivity index (χ3n) is 5.45. The summed E-state index contributed by atoms with van der Waals surface area (Å²) in [5.74, 6) is 1.12. The molecule has 1 saturated carbocycles. The molecule has 2 amide bonds. The van der Waals surface area contributed by atoms with Crippen LogP contribution >= 0.6 is 0 Å². The monoisotopic (exact) mass is 357 g/mol. The first kappa shape index (κ1) is 18.9. The number of benzene rings is 1. The first-order valence-electron chi connectivity index (χ1n) is 9.94. The molecule has 3 rings (SSSR count). The van der Waals surface area contributed by atoms with Gasteiger partial charge in [-0.05, 0) is 48.8 Å². The average Bonchev–Trinajstić information content (AvgIpc) is 3.03. The highest BCUT2D eigenvalue weighted by Crippen LogP contribution is 2.33. The highest BCUT2D eigenvalue weighted by atomic mass is 16.2. The van der Waals surface area contributed by atoms with E-state index >= 15 is 0 Å². The molecule has 1 aliphatic heterocycles. The van der Waals surface area contributed by atoms with Gasteiger partial charge < -0.3 is 16.0 Å². The van der Waals surface area contributed by atoms with Crippen LogP contribution in [0.4, 0.5) is 5.69 Å². The maximum absolute atomic E-state index is 12.5. The van der Waals surface area contributed by atoms with Crippen molar-refractivity contribution in [3.63, 3.8) is 0 Å². The fourth-order valence-electron chi connectivity index (χ4n) is 4.18. The molecule has 0 spiro atoms. The Morgan fingerprint density at radius 3 is 2.81 bits per heavy atom. The van der Waals surface area contributed by atoms with Crippen molar-refractivity contribution in [2.24, 2.45) is 11.8 Å². The third kappa shape index (κ3) is 5.07. The average molecular weight is 357 g/mol. The number of hydrogen-bond acceptors (Lipinski definition) is 3. The molecule has 1 aromatic carbocycles. The number of carbonyl (C=O) groups excluding carboxylic acids is 2. The zero-order chi connectivity index (χ0) is 18.5. The van der Waals surface area contributed by atoms with E-state index in [0.717, 1.165) is 17.7 Å². The molecule has 3 N–H and O–H groups in total. The summed E-state index contributed by atoms with van der Waals surface area (Å²) in [5, 5.41) is 9.49. The number of rotatable bonds is 6. The maximum atomic E-state index is 12.5. The normalized spacial score (nSPS) is 25.0.